The van der Waals surface area contributed by atoms with E-state index in [0.29, 0.717) is 5.82 Å². The van der Waals surface area contributed by atoms with Gasteiger partial charge in [0.25, 0.3) is 0 Å². The smallest absolute Gasteiger partial charge is 0.328 e. The zero-order valence-electron chi connectivity index (χ0n) is 20.7. The van der Waals surface area contributed by atoms with Gasteiger partial charge in [0, 0.05) is 32.7 Å². The van der Waals surface area contributed by atoms with Crippen molar-refractivity contribution in [1.29, 1.82) is 0 Å². The molecule has 35 heavy (non-hydrogen) atoms. The van der Waals surface area contributed by atoms with Crippen LogP contribution in [0.25, 0.3) is 6.08 Å². The topological polar surface area (TPSA) is 76.4 Å². The van der Waals surface area contributed by atoms with Crippen molar-refractivity contribution in [1.82, 2.24) is 30.0 Å². The molecule has 1 atom stereocenters. The van der Waals surface area contributed by atoms with E-state index in [2.05, 4.69) is 73.9 Å². The molecule has 8 nitrogen and oxygen atoms in total. The van der Waals surface area contributed by atoms with Gasteiger partial charge in [0.2, 0.25) is 0 Å². The van der Waals surface area contributed by atoms with E-state index in [0.717, 1.165) is 38.3 Å². The Hall–Kier alpha value is -3.36. The molecule has 0 spiro atoms. The van der Waals surface area contributed by atoms with E-state index in [4.69, 9.17) is 4.74 Å². The molecule has 4 rings (SSSR count). The van der Waals surface area contributed by atoms with Gasteiger partial charge in [-0.2, -0.15) is 0 Å². The first-order valence-electron chi connectivity index (χ1n) is 12.1. The first kappa shape index (κ1) is 24.8. The van der Waals surface area contributed by atoms with Crippen molar-refractivity contribution in [3.63, 3.8) is 0 Å². The van der Waals surface area contributed by atoms with Gasteiger partial charge < -0.3 is 4.74 Å². The quantitative estimate of drug-likeness (QED) is 0.463. The second-order valence-corrected chi connectivity index (χ2v) is 9.74. The van der Waals surface area contributed by atoms with Crippen LogP contribution in [0.2, 0.25) is 0 Å². The van der Waals surface area contributed by atoms with Gasteiger partial charge in [-0.3, -0.25) is 14.6 Å². The summed E-state index contributed by atoms with van der Waals surface area (Å²) in [4.78, 5) is 17.3. The lowest BCUT2D eigenvalue weighted by molar-refractivity contribution is -0.155. The Morgan fingerprint density at radius 3 is 2.31 bits per heavy atom. The van der Waals surface area contributed by atoms with Gasteiger partial charge in [-0.15, -0.1) is 5.10 Å². The summed E-state index contributed by atoms with van der Waals surface area (Å²) in [6, 6.07) is 20.4. The number of esters is 1. The summed E-state index contributed by atoms with van der Waals surface area (Å²) in [5.74, 6) is 0.298. The number of benzene rings is 2. The molecule has 0 aliphatic carbocycles. The molecule has 1 aromatic heterocycles. The number of hydrogen-bond acceptors (Lipinski definition) is 7. The molecule has 1 fully saturated rings. The monoisotopic (exact) mass is 474 g/mol. The number of nitrogens with zero attached hydrogens (tertiary/aromatic N) is 6. The molecule has 0 radical (unpaired) electrons. The van der Waals surface area contributed by atoms with Gasteiger partial charge in [0.15, 0.2) is 5.82 Å². The Morgan fingerprint density at radius 2 is 1.66 bits per heavy atom. The molecule has 1 saturated heterocycles. The number of carbonyl (C=O) groups is 1. The zero-order valence-corrected chi connectivity index (χ0v) is 20.7. The fourth-order valence-electron chi connectivity index (χ4n) is 4.28. The Bertz CT molecular complexity index is 1100. The van der Waals surface area contributed by atoms with Crippen molar-refractivity contribution in [2.24, 2.45) is 0 Å². The Balaban J connectivity index is 1.45. The van der Waals surface area contributed by atoms with E-state index in [1.807, 2.05) is 45.0 Å². The van der Waals surface area contributed by atoms with Gasteiger partial charge in [-0.1, -0.05) is 72.8 Å². The van der Waals surface area contributed by atoms with Crippen molar-refractivity contribution < 1.29 is 9.53 Å². The van der Waals surface area contributed by atoms with Gasteiger partial charge in [-0.25, -0.2) is 4.68 Å². The Labute approximate surface area is 207 Å². The third-order valence-electron chi connectivity index (χ3n) is 5.86. The maximum atomic E-state index is 12.5. The van der Waals surface area contributed by atoms with Crippen LogP contribution in [0.1, 0.15) is 43.8 Å². The molecule has 3 aromatic rings. The van der Waals surface area contributed by atoms with E-state index >= 15 is 0 Å². The average Bonchev–Trinajstić information content (AvgIpc) is 3.28. The second-order valence-electron chi connectivity index (χ2n) is 9.74. The highest BCUT2D eigenvalue weighted by Gasteiger charge is 2.31. The van der Waals surface area contributed by atoms with Crippen LogP contribution < -0.4 is 0 Å². The summed E-state index contributed by atoms with van der Waals surface area (Å²) < 4.78 is 7.07. The predicted molar refractivity (Wildman–Crippen MR) is 135 cm³/mol. The molecular weight excluding hydrogens is 440 g/mol. The second kappa shape index (κ2) is 11.4. The molecule has 0 bridgehead atoms. The lowest BCUT2D eigenvalue weighted by atomic mass is 10.0. The fraction of sp³-hybridized carbons (Fsp3) is 0.407. The largest absolute Gasteiger partial charge is 0.459 e. The molecule has 1 aliphatic rings. The highest BCUT2D eigenvalue weighted by molar-refractivity contribution is 5.69. The summed E-state index contributed by atoms with van der Waals surface area (Å²) in [5, 5.41) is 12.4. The van der Waals surface area contributed by atoms with Gasteiger partial charge in [-0.05, 0) is 42.3 Å². The number of carbonyl (C=O) groups excluding carboxylic acids is 1. The van der Waals surface area contributed by atoms with Gasteiger partial charge >= 0.3 is 5.97 Å². The Kier molecular flexibility index (Phi) is 8.05. The molecule has 2 heterocycles. The third-order valence-corrected chi connectivity index (χ3v) is 5.86. The number of rotatable bonds is 8. The van der Waals surface area contributed by atoms with E-state index < -0.39 is 5.60 Å². The van der Waals surface area contributed by atoms with Crippen molar-refractivity contribution in [3.8, 4) is 0 Å². The minimum absolute atomic E-state index is 0.0207. The van der Waals surface area contributed by atoms with E-state index in [9.17, 15) is 4.79 Å². The van der Waals surface area contributed by atoms with Crippen LogP contribution in [0, 0.1) is 0 Å². The van der Waals surface area contributed by atoms with Crippen LogP contribution in [0.5, 0.6) is 0 Å². The standard InChI is InChI=1S/C27H34N6O2/c1-27(2,3)35-24(34)21-33-26(28-29-30-33)25(23-14-8-5-9-15-23)32-19-17-31(18-20-32)16-10-13-22-11-6-4-7-12-22/h4-15,25H,16-21H2,1-3H3. The molecule has 2 aromatic carbocycles. The van der Waals surface area contributed by atoms with E-state index in [1.54, 1.807) is 4.68 Å². The number of aromatic nitrogens is 4. The van der Waals surface area contributed by atoms with Crippen LogP contribution in [0.4, 0.5) is 0 Å². The highest BCUT2D eigenvalue weighted by atomic mass is 16.6. The van der Waals surface area contributed by atoms with E-state index in [-0.39, 0.29) is 18.6 Å². The van der Waals surface area contributed by atoms with Crippen LogP contribution in [-0.4, -0.2) is 74.3 Å². The minimum Gasteiger partial charge on any atom is -0.459 e. The summed E-state index contributed by atoms with van der Waals surface area (Å²) in [6.45, 7) is 10.1. The molecule has 8 heteroatoms. The third kappa shape index (κ3) is 7.07. The highest BCUT2D eigenvalue weighted by Crippen LogP contribution is 2.28. The molecule has 0 amide bonds. The molecule has 1 aliphatic heterocycles. The predicted octanol–water partition coefficient (Wildman–Crippen LogP) is 3.44. The SMILES string of the molecule is CC(C)(C)OC(=O)Cn1nnnc1C(c1ccccc1)N1CCN(CC=Cc2ccccc2)CC1. The van der Waals surface area contributed by atoms with Crippen molar-refractivity contribution in [2.45, 2.75) is 39.0 Å². The number of tetrazole rings is 1. The minimum atomic E-state index is -0.560. The van der Waals surface area contributed by atoms with Crippen LogP contribution in [0.15, 0.2) is 66.7 Å². The lowest BCUT2D eigenvalue weighted by Gasteiger charge is -2.38. The molecule has 0 saturated carbocycles. The molecule has 184 valence electrons. The lowest BCUT2D eigenvalue weighted by Crippen LogP contribution is -2.48. The summed E-state index contributed by atoms with van der Waals surface area (Å²) in [7, 11) is 0. The molecule has 0 N–H and O–H groups in total. The first-order chi connectivity index (χ1) is 16.9. The number of piperazine rings is 1. The van der Waals surface area contributed by atoms with Crippen LogP contribution in [0.3, 0.4) is 0 Å². The number of ether oxygens (including phenoxy) is 1. The number of hydrogen-bond donors (Lipinski definition) is 0. The maximum Gasteiger partial charge on any atom is 0.328 e. The van der Waals surface area contributed by atoms with Gasteiger partial charge in [0.1, 0.15) is 12.1 Å². The van der Waals surface area contributed by atoms with Crippen molar-refractivity contribution >= 4 is 12.0 Å². The summed E-state index contributed by atoms with van der Waals surface area (Å²) in [6.07, 6.45) is 4.39. The maximum absolute atomic E-state index is 12.5. The van der Waals surface area contributed by atoms with Gasteiger partial charge in [0.05, 0.1) is 6.04 Å². The van der Waals surface area contributed by atoms with Crippen LogP contribution in [-0.2, 0) is 16.1 Å². The average molecular weight is 475 g/mol. The zero-order chi connectivity index (χ0) is 24.7. The van der Waals surface area contributed by atoms with Crippen LogP contribution >= 0.6 is 0 Å². The Morgan fingerprint density at radius 1 is 1.00 bits per heavy atom. The fourth-order valence-corrected chi connectivity index (χ4v) is 4.28. The van der Waals surface area contributed by atoms with E-state index in [1.165, 1.54) is 5.56 Å². The molecule has 1 unspecified atom stereocenters. The summed E-state index contributed by atoms with van der Waals surface area (Å²) >= 11 is 0. The summed E-state index contributed by atoms with van der Waals surface area (Å²) in [5.41, 5.74) is 1.76. The first-order valence-corrected chi connectivity index (χ1v) is 12.1. The molecular formula is C27H34N6O2. The van der Waals surface area contributed by atoms with Crippen molar-refractivity contribution in [2.75, 3.05) is 32.7 Å². The normalized spacial score (nSPS) is 16.4. The van der Waals surface area contributed by atoms with Crippen molar-refractivity contribution in [3.05, 3.63) is 83.7 Å².